The normalized spacial score (nSPS) is 16.2. The second kappa shape index (κ2) is 4.81. The molecule has 0 amide bonds. The quantitative estimate of drug-likeness (QED) is 0.862. The number of nitrogens with one attached hydrogen (secondary N) is 1. The van der Waals surface area contributed by atoms with Gasteiger partial charge in [-0.3, -0.25) is 4.98 Å². The molecular weight excluding hydrogens is 220 g/mol. The minimum atomic E-state index is 0.469. The third-order valence-corrected chi connectivity index (χ3v) is 3.71. The van der Waals surface area contributed by atoms with Crippen LogP contribution in [0.25, 0.3) is 0 Å². The number of hydrogen-bond donors (Lipinski definition) is 1. The third-order valence-electron chi connectivity index (χ3n) is 3.71. The summed E-state index contributed by atoms with van der Waals surface area (Å²) in [6, 6.07) is 14.8. The summed E-state index contributed by atoms with van der Waals surface area (Å²) in [6.07, 6.45) is 7.53. The van der Waals surface area contributed by atoms with Gasteiger partial charge in [0.25, 0.3) is 0 Å². The molecule has 1 N–H and O–H groups in total. The summed E-state index contributed by atoms with van der Waals surface area (Å²) >= 11 is 0. The van der Waals surface area contributed by atoms with Crippen molar-refractivity contribution < 1.29 is 0 Å². The van der Waals surface area contributed by atoms with Gasteiger partial charge in [-0.2, -0.15) is 0 Å². The zero-order valence-corrected chi connectivity index (χ0v) is 10.5. The highest BCUT2D eigenvalue weighted by Gasteiger charge is 2.42. The van der Waals surface area contributed by atoms with E-state index < -0.39 is 0 Å². The minimum absolute atomic E-state index is 0.469. The molecule has 18 heavy (non-hydrogen) atoms. The number of anilines is 1. The van der Waals surface area contributed by atoms with E-state index >= 15 is 0 Å². The fourth-order valence-corrected chi connectivity index (χ4v) is 2.38. The van der Waals surface area contributed by atoms with Crippen molar-refractivity contribution in [2.75, 3.05) is 11.9 Å². The number of rotatable bonds is 5. The summed E-state index contributed by atoms with van der Waals surface area (Å²) in [4.78, 5) is 4.13. The molecule has 1 fully saturated rings. The van der Waals surface area contributed by atoms with Crippen molar-refractivity contribution in [1.29, 1.82) is 0 Å². The Bertz CT molecular complexity index is 489. The lowest BCUT2D eigenvalue weighted by molar-refractivity contribution is 0.538. The highest BCUT2D eigenvalue weighted by atomic mass is 14.9. The Morgan fingerprint density at radius 3 is 2.56 bits per heavy atom. The van der Waals surface area contributed by atoms with Crippen molar-refractivity contribution in [2.24, 2.45) is 5.41 Å². The molecule has 2 heteroatoms. The summed E-state index contributed by atoms with van der Waals surface area (Å²) < 4.78 is 0. The van der Waals surface area contributed by atoms with Crippen LogP contribution in [0.2, 0.25) is 0 Å². The Morgan fingerprint density at radius 2 is 1.89 bits per heavy atom. The first kappa shape index (κ1) is 11.3. The summed E-state index contributed by atoms with van der Waals surface area (Å²) in [7, 11) is 0. The van der Waals surface area contributed by atoms with Crippen molar-refractivity contribution in [3.63, 3.8) is 0 Å². The van der Waals surface area contributed by atoms with Gasteiger partial charge in [0.2, 0.25) is 0 Å². The van der Waals surface area contributed by atoms with E-state index in [4.69, 9.17) is 0 Å². The molecule has 1 aliphatic rings. The summed E-state index contributed by atoms with van der Waals surface area (Å²) in [5, 5.41) is 3.51. The number of pyridine rings is 1. The Kier molecular flexibility index (Phi) is 3.01. The van der Waals surface area contributed by atoms with E-state index in [-0.39, 0.29) is 0 Å². The lowest BCUT2D eigenvalue weighted by Gasteiger charge is -2.16. The van der Waals surface area contributed by atoms with Crippen molar-refractivity contribution in [1.82, 2.24) is 4.98 Å². The largest absolute Gasteiger partial charge is 0.383 e. The molecule has 0 unspecified atom stereocenters. The van der Waals surface area contributed by atoms with E-state index in [9.17, 15) is 0 Å². The van der Waals surface area contributed by atoms with Gasteiger partial charge in [-0.25, -0.2) is 0 Å². The number of nitrogens with zero attached hydrogens (tertiary/aromatic N) is 1. The van der Waals surface area contributed by atoms with Gasteiger partial charge < -0.3 is 5.32 Å². The fourth-order valence-electron chi connectivity index (χ4n) is 2.38. The molecule has 1 aliphatic carbocycles. The predicted octanol–water partition coefficient (Wildman–Crippen LogP) is 3.52. The summed E-state index contributed by atoms with van der Waals surface area (Å²) in [6.45, 7) is 1.05. The third kappa shape index (κ3) is 2.70. The molecule has 0 bridgehead atoms. The van der Waals surface area contributed by atoms with Crippen LogP contribution in [-0.2, 0) is 6.42 Å². The van der Waals surface area contributed by atoms with Crippen LogP contribution in [0, 0.1) is 5.41 Å². The molecule has 3 rings (SSSR count). The zero-order valence-electron chi connectivity index (χ0n) is 10.5. The molecule has 1 heterocycles. The van der Waals surface area contributed by atoms with Crippen LogP contribution in [0.1, 0.15) is 18.4 Å². The van der Waals surface area contributed by atoms with Crippen molar-refractivity contribution in [3.05, 3.63) is 60.4 Å². The lowest BCUT2D eigenvalue weighted by atomic mass is 9.96. The van der Waals surface area contributed by atoms with Crippen LogP contribution < -0.4 is 5.32 Å². The van der Waals surface area contributed by atoms with Gasteiger partial charge in [-0.15, -0.1) is 0 Å². The number of aromatic nitrogens is 1. The predicted molar refractivity (Wildman–Crippen MR) is 74.5 cm³/mol. The van der Waals surface area contributed by atoms with Gasteiger partial charge in [-0.1, -0.05) is 30.3 Å². The standard InChI is InChI=1S/C16H18N2/c1-2-5-14(6-3-1)11-16(8-9-16)13-18-15-7-4-10-17-12-15/h1-7,10,12,18H,8-9,11,13H2. The average Bonchev–Trinajstić information content (AvgIpc) is 3.19. The van der Waals surface area contributed by atoms with Crippen LogP contribution in [-0.4, -0.2) is 11.5 Å². The maximum atomic E-state index is 4.13. The Labute approximate surface area is 108 Å². The van der Waals surface area contributed by atoms with Gasteiger partial charge in [0, 0.05) is 18.9 Å². The van der Waals surface area contributed by atoms with E-state index in [0.717, 1.165) is 12.2 Å². The highest BCUT2D eigenvalue weighted by molar-refractivity contribution is 5.40. The number of hydrogen-bond acceptors (Lipinski definition) is 2. The van der Waals surface area contributed by atoms with Crippen molar-refractivity contribution in [3.8, 4) is 0 Å². The first-order valence-corrected chi connectivity index (χ1v) is 6.54. The maximum absolute atomic E-state index is 4.13. The van der Waals surface area contributed by atoms with Gasteiger partial charge in [0.15, 0.2) is 0 Å². The first-order valence-electron chi connectivity index (χ1n) is 6.54. The molecule has 1 aromatic heterocycles. The molecule has 1 aromatic carbocycles. The molecule has 0 saturated heterocycles. The Balaban J connectivity index is 1.59. The molecule has 0 atom stereocenters. The highest BCUT2D eigenvalue weighted by Crippen LogP contribution is 2.48. The van der Waals surface area contributed by atoms with E-state index in [1.165, 1.54) is 24.8 Å². The van der Waals surface area contributed by atoms with Crippen molar-refractivity contribution >= 4 is 5.69 Å². The van der Waals surface area contributed by atoms with Crippen LogP contribution in [0.4, 0.5) is 5.69 Å². The zero-order chi connectivity index (χ0) is 12.3. The summed E-state index contributed by atoms with van der Waals surface area (Å²) in [5.41, 5.74) is 3.04. The molecule has 1 saturated carbocycles. The van der Waals surface area contributed by atoms with E-state index in [1.54, 1.807) is 0 Å². The van der Waals surface area contributed by atoms with Gasteiger partial charge in [0.05, 0.1) is 5.69 Å². The minimum Gasteiger partial charge on any atom is -0.383 e. The van der Waals surface area contributed by atoms with Gasteiger partial charge in [0.1, 0.15) is 0 Å². The van der Waals surface area contributed by atoms with E-state index in [2.05, 4.69) is 46.7 Å². The topological polar surface area (TPSA) is 24.9 Å². The van der Waals surface area contributed by atoms with Crippen LogP contribution >= 0.6 is 0 Å². The van der Waals surface area contributed by atoms with Crippen LogP contribution in [0.5, 0.6) is 0 Å². The molecule has 0 radical (unpaired) electrons. The molecule has 92 valence electrons. The SMILES string of the molecule is c1ccc(CC2(CNc3cccnc3)CC2)cc1. The van der Waals surface area contributed by atoms with E-state index in [0.29, 0.717) is 5.41 Å². The second-order valence-corrected chi connectivity index (χ2v) is 5.26. The monoisotopic (exact) mass is 238 g/mol. The van der Waals surface area contributed by atoms with Crippen LogP contribution in [0.3, 0.4) is 0 Å². The lowest BCUT2D eigenvalue weighted by Crippen LogP contribution is -2.18. The first-order chi connectivity index (χ1) is 8.86. The smallest absolute Gasteiger partial charge is 0.0526 e. The molecule has 2 nitrogen and oxygen atoms in total. The van der Waals surface area contributed by atoms with Gasteiger partial charge >= 0.3 is 0 Å². The molecule has 0 spiro atoms. The molecular formula is C16H18N2. The number of benzene rings is 1. The van der Waals surface area contributed by atoms with Crippen LogP contribution in [0.15, 0.2) is 54.9 Å². The average molecular weight is 238 g/mol. The second-order valence-electron chi connectivity index (χ2n) is 5.26. The molecule has 0 aliphatic heterocycles. The van der Waals surface area contributed by atoms with Gasteiger partial charge in [-0.05, 0) is 42.4 Å². The maximum Gasteiger partial charge on any atom is 0.0526 e. The Hall–Kier alpha value is -1.83. The molecule has 2 aromatic rings. The van der Waals surface area contributed by atoms with E-state index in [1.807, 2.05) is 18.5 Å². The fraction of sp³-hybridized carbons (Fsp3) is 0.312. The summed E-state index contributed by atoms with van der Waals surface area (Å²) in [5.74, 6) is 0. The Morgan fingerprint density at radius 1 is 1.06 bits per heavy atom. The van der Waals surface area contributed by atoms with Crippen molar-refractivity contribution in [2.45, 2.75) is 19.3 Å².